The molecule has 0 aromatic rings. The van der Waals surface area contributed by atoms with Gasteiger partial charge in [0, 0.05) is 12.8 Å². The SMILES string of the molecule is CCC/C=C\CCCCCCCC(=O)OCC(COC1OC(C(=O)O)C(O)C(O)C1O)OC(=O)CCCCCCCCCCCCCCCCCCCCC. The fourth-order valence-electron chi connectivity index (χ4n) is 6.82. The third-order valence-electron chi connectivity index (χ3n) is 10.3. The Balaban J connectivity index is 2.33. The molecule has 1 heterocycles. The Kier molecular flexibility index (Phi) is 32.6. The van der Waals surface area contributed by atoms with Gasteiger partial charge in [-0.1, -0.05) is 167 Å². The number of ether oxygens (including phenoxy) is 4. The van der Waals surface area contributed by atoms with Crippen molar-refractivity contribution < 1.29 is 53.8 Å². The summed E-state index contributed by atoms with van der Waals surface area (Å²) in [5.74, 6) is -2.45. The van der Waals surface area contributed by atoms with Gasteiger partial charge in [-0.2, -0.15) is 0 Å². The number of esters is 2. The molecule has 0 aromatic heterocycles. The molecule has 1 saturated heterocycles. The van der Waals surface area contributed by atoms with E-state index in [4.69, 9.17) is 18.9 Å². The summed E-state index contributed by atoms with van der Waals surface area (Å²) in [6.45, 7) is 3.75. The van der Waals surface area contributed by atoms with Crippen molar-refractivity contribution in [3.63, 3.8) is 0 Å². The zero-order chi connectivity index (χ0) is 40.4. The van der Waals surface area contributed by atoms with Gasteiger partial charge in [0.05, 0.1) is 6.61 Å². The lowest BCUT2D eigenvalue weighted by atomic mass is 9.99. The van der Waals surface area contributed by atoms with Crippen molar-refractivity contribution in [1.82, 2.24) is 0 Å². The number of hydrogen-bond acceptors (Lipinski definition) is 10. The number of aliphatic hydroxyl groups excluding tert-OH is 3. The van der Waals surface area contributed by atoms with Gasteiger partial charge in [0.2, 0.25) is 0 Å². The first kappa shape index (κ1) is 51.0. The number of carboxylic acid groups (broad SMARTS) is 1. The molecule has 0 bridgehead atoms. The lowest BCUT2D eigenvalue weighted by molar-refractivity contribution is -0.298. The molecule has 4 N–H and O–H groups in total. The van der Waals surface area contributed by atoms with E-state index in [2.05, 4.69) is 26.0 Å². The maximum absolute atomic E-state index is 12.7. The van der Waals surface area contributed by atoms with E-state index in [1.807, 2.05) is 0 Å². The summed E-state index contributed by atoms with van der Waals surface area (Å²) in [6, 6.07) is 0. The summed E-state index contributed by atoms with van der Waals surface area (Å²) in [7, 11) is 0. The molecular weight excluding hydrogens is 704 g/mol. The number of allylic oxidation sites excluding steroid dienone is 2. The van der Waals surface area contributed by atoms with E-state index in [9.17, 15) is 34.8 Å². The van der Waals surface area contributed by atoms with Crippen molar-refractivity contribution in [2.45, 2.75) is 237 Å². The van der Waals surface area contributed by atoms with Crippen LogP contribution >= 0.6 is 0 Å². The van der Waals surface area contributed by atoms with Crippen LogP contribution in [0.5, 0.6) is 0 Å². The molecule has 6 unspecified atom stereocenters. The van der Waals surface area contributed by atoms with Crippen LogP contribution in [0.2, 0.25) is 0 Å². The molecule has 1 aliphatic heterocycles. The van der Waals surface area contributed by atoms with E-state index in [-0.39, 0.29) is 26.1 Å². The number of rotatable bonds is 37. The van der Waals surface area contributed by atoms with Crippen LogP contribution in [0.4, 0.5) is 0 Å². The summed E-state index contributed by atoms with van der Waals surface area (Å²) in [5.41, 5.74) is 0. The lowest BCUT2D eigenvalue weighted by Gasteiger charge is -2.38. The third kappa shape index (κ3) is 27.3. The molecule has 1 aliphatic rings. The van der Waals surface area contributed by atoms with Crippen LogP contribution < -0.4 is 0 Å². The number of carbonyl (C=O) groups is 3. The highest BCUT2D eigenvalue weighted by atomic mass is 16.7. The molecule has 1 fully saturated rings. The van der Waals surface area contributed by atoms with E-state index in [1.165, 1.54) is 96.3 Å². The van der Waals surface area contributed by atoms with Crippen LogP contribution in [0.15, 0.2) is 12.2 Å². The first-order valence-electron chi connectivity index (χ1n) is 22.2. The van der Waals surface area contributed by atoms with Crippen molar-refractivity contribution in [2.24, 2.45) is 0 Å². The molecular formula is C44H80O11. The second kappa shape index (κ2) is 35.1. The van der Waals surface area contributed by atoms with E-state index >= 15 is 0 Å². The summed E-state index contributed by atoms with van der Waals surface area (Å²) in [5, 5.41) is 39.7. The Morgan fingerprint density at radius 1 is 0.545 bits per heavy atom. The van der Waals surface area contributed by atoms with Crippen LogP contribution in [0.3, 0.4) is 0 Å². The molecule has 6 atom stereocenters. The van der Waals surface area contributed by atoms with Crippen LogP contribution in [0.1, 0.15) is 200 Å². The van der Waals surface area contributed by atoms with Gasteiger partial charge < -0.3 is 39.4 Å². The van der Waals surface area contributed by atoms with Gasteiger partial charge in [-0.3, -0.25) is 9.59 Å². The molecule has 11 heteroatoms. The summed E-state index contributed by atoms with van der Waals surface area (Å²) >= 11 is 0. The van der Waals surface area contributed by atoms with Gasteiger partial charge in [0.25, 0.3) is 0 Å². The van der Waals surface area contributed by atoms with Crippen molar-refractivity contribution >= 4 is 17.9 Å². The number of carboxylic acids is 1. The Morgan fingerprint density at radius 3 is 1.49 bits per heavy atom. The average molecular weight is 785 g/mol. The lowest BCUT2D eigenvalue weighted by Crippen LogP contribution is -2.60. The average Bonchev–Trinajstić information content (AvgIpc) is 3.17. The van der Waals surface area contributed by atoms with Crippen molar-refractivity contribution in [1.29, 1.82) is 0 Å². The van der Waals surface area contributed by atoms with Crippen LogP contribution in [-0.2, 0) is 33.3 Å². The molecule has 0 aromatic carbocycles. The standard InChI is InChI=1S/C44H80O11/c1-3-5-7-9-11-13-15-16-17-18-19-20-21-22-23-25-27-29-31-33-38(46)54-36(35-53-44-41(49)39(47)40(48)42(55-44)43(50)51)34-52-37(45)32-30-28-26-24-14-12-10-8-6-4-2/h8,10,36,39-42,44,47-49H,3-7,9,11-35H2,1-2H3,(H,50,51)/b10-8-. The largest absolute Gasteiger partial charge is 0.479 e. The van der Waals surface area contributed by atoms with E-state index < -0.39 is 54.7 Å². The zero-order valence-corrected chi connectivity index (χ0v) is 34.7. The van der Waals surface area contributed by atoms with Gasteiger partial charge >= 0.3 is 17.9 Å². The minimum absolute atomic E-state index is 0.187. The highest BCUT2D eigenvalue weighted by Gasteiger charge is 2.47. The first-order chi connectivity index (χ1) is 26.7. The van der Waals surface area contributed by atoms with Crippen molar-refractivity contribution in [2.75, 3.05) is 13.2 Å². The minimum atomic E-state index is -1.86. The summed E-state index contributed by atoms with van der Waals surface area (Å²) in [4.78, 5) is 36.7. The normalized spacial score (nSPS) is 20.5. The molecule has 0 radical (unpaired) electrons. The van der Waals surface area contributed by atoms with Crippen molar-refractivity contribution in [3.8, 4) is 0 Å². The molecule has 1 rings (SSSR count). The van der Waals surface area contributed by atoms with Gasteiger partial charge in [0.1, 0.15) is 24.9 Å². The molecule has 0 saturated carbocycles. The molecule has 55 heavy (non-hydrogen) atoms. The highest BCUT2D eigenvalue weighted by molar-refractivity contribution is 5.73. The first-order valence-corrected chi connectivity index (χ1v) is 22.2. The molecule has 322 valence electrons. The topological polar surface area (TPSA) is 169 Å². The number of aliphatic hydroxyl groups is 3. The quantitative estimate of drug-likeness (QED) is 0.0269. The molecule has 0 aliphatic carbocycles. The van der Waals surface area contributed by atoms with Crippen LogP contribution in [-0.4, -0.2) is 88.4 Å². The Bertz CT molecular complexity index is 973. The van der Waals surface area contributed by atoms with E-state index in [1.54, 1.807) is 0 Å². The fourth-order valence-corrected chi connectivity index (χ4v) is 6.82. The van der Waals surface area contributed by atoms with Crippen LogP contribution in [0.25, 0.3) is 0 Å². The number of carbonyl (C=O) groups excluding carboxylic acids is 2. The number of hydrogen-bond donors (Lipinski definition) is 4. The smallest absolute Gasteiger partial charge is 0.335 e. The third-order valence-corrected chi connectivity index (χ3v) is 10.3. The van der Waals surface area contributed by atoms with Crippen molar-refractivity contribution in [3.05, 3.63) is 12.2 Å². The molecule has 0 spiro atoms. The predicted octanol–water partition coefficient (Wildman–Crippen LogP) is 9.26. The predicted molar refractivity (Wildman–Crippen MR) is 215 cm³/mol. The van der Waals surface area contributed by atoms with Gasteiger partial charge in [-0.25, -0.2) is 4.79 Å². The monoisotopic (exact) mass is 785 g/mol. The number of aliphatic carboxylic acids is 1. The second-order valence-corrected chi connectivity index (χ2v) is 15.5. The van der Waals surface area contributed by atoms with E-state index in [0.29, 0.717) is 12.8 Å². The Labute approximate surface area is 333 Å². The minimum Gasteiger partial charge on any atom is -0.479 e. The van der Waals surface area contributed by atoms with Gasteiger partial charge in [-0.15, -0.1) is 0 Å². The van der Waals surface area contributed by atoms with Gasteiger partial charge in [0.15, 0.2) is 18.5 Å². The highest BCUT2D eigenvalue weighted by Crippen LogP contribution is 2.23. The molecule has 0 amide bonds. The number of unbranched alkanes of at least 4 members (excludes halogenated alkanes) is 24. The zero-order valence-electron chi connectivity index (χ0n) is 34.7. The van der Waals surface area contributed by atoms with E-state index in [0.717, 1.165) is 64.2 Å². The molecule has 11 nitrogen and oxygen atoms in total. The fraction of sp³-hybridized carbons (Fsp3) is 0.886. The second-order valence-electron chi connectivity index (χ2n) is 15.5. The summed E-state index contributed by atoms with van der Waals surface area (Å²) < 4.78 is 21.7. The van der Waals surface area contributed by atoms with Crippen LogP contribution in [0, 0.1) is 0 Å². The Hall–Kier alpha value is -2.05. The Morgan fingerprint density at radius 2 is 1.00 bits per heavy atom. The maximum atomic E-state index is 12.7. The van der Waals surface area contributed by atoms with Gasteiger partial charge in [-0.05, 0) is 32.1 Å². The summed E-state index contributed by atoms with van der Waals surface area (Å²) in [6.07, 6.45) is 27.1. The maximum Gasteiger partial charge on any atom is 0.335 e.